The van der Waals surface area contributed by atoms with Crippen molar-refractivity contribution in [2.75, 3.05) is 39.8 Å². The monoisotopic (exact) mass is 280 g/mol. The standard InChI is InChI=1S/C18H36N2/c1-16(2)5-4-10-20-13-8-18(9-14-20)15-17-6-11-19(3)12-7-17/h16-18H,4-15H2,1-3H3. The van der Waals surface area contributed by atoms with E-state index in [4.69, 9.17) is 0 Å². The summed E-state index contributed by atoms with van der Waals surface area (Å²) in [4.78, 5) is 5.21. The van der Waals surface area contributed by atoms with Crippen LogP contribution in [0.3, 0.4) is 0 Å². The maximum atomic E-state index is 2.72. The summed E-state index contributed by atoms with van der Waals surface area (Å²) in [6, 6.07) is 0. The van der Waals surface area contributed by atoms with E-state index >= 15 is 0 Å². The highest BCUT2D eigenvalue weighted by Gasteiger charge is 2.24. The zero-order valence-electron chi connectivity index (χ0n) is 14.1. The van der Waals surface area contributed by atoms with Gasteiger partial charge < -0.3 is 9.80 Å². The zero-order valence-corrected chi connectivity index (χ0v) is 14.1. The van der Waals surface area contributed by atoms with Crippen molar-refractivity contribution in [1.29, 1.82) is 0 Å². The van der Waals surface area contributed by atoms with E-state index in [2.05, 4.69) is 30.7 Å². The van der Waals surface area contributed by atoms with Crippen molar-refractivity contribution in [2.24, 2.45) is 17.8 Å². The minimum atomic E-state index is 0.872. The van der Waals surface area contributed by atoms with Gasteiger partial charge in [-0.2, -0.15) is 0 Å². The molecule has 0 atom stereocenters. The van der Waals surface area contributed by atoms with Crippen LogP contribution in [-0.4, -0.2) is 49.6 Å². The fourth-order valence-electron chi connectivity index (χ4n) is 3.94. The van der Waals surface area contributed by atoms with E-state index in [-0.39, 0.29) is 0 Å². The van der Waals surface area contributed by atoms with E-state index in [0.717, 1.165) is 17.8 Å². The maximum Gasteiger partial charge on any atom is -0.00161 e. The number of piperidine rings is 2. The van der Waals surface area contributed by atoms with Gasteiger partial charge in [0.1, 0.15) is 0 Å². The minimum absolute atomic E-state index is 0.872. The maximum absolute atomic E-state index is 2.72. The molecule has 2 aliphatic rings. The number of nitrogens with zero attached hydrogens (tertiary/aromatic N) is 2. The lowest BCUT2D eigenvalue weighted by Gasteiger charge is -2.36. The molecule has 2 rings (SSSR count). The molecule has 2 nitrogen and oxygen atoms in total. The second-order valence-electron chi connectivity index (χ2n) is 7.80. The van der Waals surface area contributed by atoms with Crippen molar-refractivity contribution in [3.63, 3.8) is 0 Å². The second kappa shape index (κ2) is 8.38. The van der Waals surface area contributed by atoms with Gasteiger partial charge in [-0.1, -0.05) is 13.8 Å². The van der Waals surface area contributed by atoms with Crippen LogP contribution in [0.4, 0.5) is 0 Å². The Balaban J connectivity index is 1.57. The molecule has 0 bridgehead atoms. The summed E-state index contributed by atoms with van der Waals surface area (Å²) in [5.41, 5.74) is 0. The van der Waals surface area contributed by atoms with Gasteiger partial charge in [0, 0.05) is 0 Å². The van der Waals surface area contributed by atoms with Crippen LogP contribution in [0.15, 0.2) is 0 Å². The molecule has 0 unspecified atom stereocenters. The lowest BCUT2D eigenvalue weighted by Crippen LogP contribution is -2.36. The molecule has 118 valence electrons. The number of hydrogen-bond acceptors (Lipinski definition) is 2. The van der Waals surface area contributed by atoms with Crippen molar-refractivity contribution >= 4 is 0 Å². The molecule has 0 N–H and O–H groups in total. The van der Waals surface area contributed by atoms with Gasteiger partial charge in [0.25, 0.3) is 0 Å². The highest BCUT2D eigenvalue weighted by molar-refractivity contribution is 4.78. The highest BCUT2D eigenvalue weighted by Crippen LogP contribution is 2.29. The Morgan fingerprint density at radius 1 is 0.900 bits per heavy atom. The van der Waals surface area contributed by atoms with Crippen molar-refractivity contribution in [3.8, 4) is 0 Å². The average Bonchev–Trinajstić information content (AvgIpc) is 2.43. The SMILES string of the molecule is CC(C)CCCN1CCC(CC2CCN(C)CC2)CC1. The molecular weight excluding hydrogens is 244 g/mol. The van der Waals surface area contributed by atoms with Gasteiger partial charge in [-0.15, -0.1) is 0 Å². The van der Waals surface area contributed by atoms with Crippen LogP contribution in [-0.2, 0) is 0 Å². The molecule has 0 radical (unpaired) electrons. The Morgan fingerprint density at radius 3 is 2.00 bits per heavy atom. The van der Waals surface area contributed by atoms with Crippen LogP contribution < -0.4 is 0 Å². The molecule has 2 heterocycles. The number of likely N-dealkylation sites (tertiary alicyclic amines) is 2. The van der Waals surface area contributed by atoms with E-state index in [1.165, 1.54) is 77.7 Å². The Morgan fingerprint density at radius 2 is 1.45 bits per heavy atom. The van der Waals surface area contributed by atoms with Crippen LogP contribution in [0.25, 0.3) is 0 Å². The van der Waals surface area contributed by atoms with Crippen molar-refractivity contribution in [1.82, 2.24) is 9.80 Å². The van der Waals surface area contributed by atoms with Gasteiger partial charge in [0.05, 0.1) is 0 Å². The summed E-state index contributed by atoms with van der Waals surface area (Å²) < 4.78 is 0. The summed E-state index contributed by atoms with van der Waals surface area (Å²) >= 11 is 0. The molecule has 2 fully saturated rings. The molecular formula is C18H36N2. The second-order valence-corrected chi connectivity index (χ2v) is 7.80. The normalized spacial score (nSPS) is 24.6. The first-order valence-electron chi connectivity index (χ1n) is 9.04. The Hall–Kier alpha value is -0.0800. The topological polar surface area (TPSA) is 6.48 Å². The van der Waals surface area contributed by atoms with E-state index < -0.39 is 0 Å². The van der Waals surface area contributed by atoms with Crippen LogP contribution >= 0.6 is 0 Å². The third-order valence-corrected chi connectivity index (χ3v) is 5.47. The molecule has 0 amide bonds. The minimum Gasteiger partial charge on any atom is -0.306 e. The predicted molar refractivity (Wildman–Crippen MR) is 88.1 cm³/mol. The quantitative estimate of drug-likeness (QED) is 0.729. The van der Waals surface area contributed by atoms with Gasteiger partial charge in [-0.3, -0.25) is 0 Å². The zero-order chi connectivity index (χ0) is 14.4. The summed E-state index contributed by atoms with van der Waals surface area (Å²) in [5, 5.41) is 0. The molecule has 20 heavy (non-hydrogen) atoms. The van der Waals surface area contributed by atoms with Gasteiger partial charge in [0.15, 0.2) is 0 Å². The van der Waals surface area contributed by atoms with E-state index in [0.29, 0.717) is 0 Å². The lowest BCUT2D eigenvalue weighted by molar-refractivity contribution is 0.140. The molecule has 0 aromatic rings. The molecule has 0 spiro atoms. The Kier molecular flexibility index (Phi) is 6.83. The first-order valence-corrected chi connectivity index (χ1v) is 9.04. The Bertz CT molecular complexity index is 248. The van der Waals surface area contributed by atoms with E-state index in [1.54, 1.807) is 0 Å². The van der Waals surface area contributed by atoms with Crippen molar-refractivity contribution in [2.45, 2.75) is 58.8 Å². The molecule has 2 heteroatoms. The fourth-order valence-corrected chi connectivity index (χ4v) is 3.94. The van der Waals surface area contributed by atoms with Crippen LogP contribution in [0, 0.1) is 17.8 Å². The molecule has 0 aliphatic carbocycles. The number of hydrogen-bond donors (Lipinski definition) is 0. The third-order valence-electron chi connectivity index (χ3n) is 5.47. The van der Waals surface area contributed by atoms with Gasteiger partial charge in [-0.25, -0.2) is 0 Å². The van der Waals surface area contributed by atoms with Gasteiger partial charge in [0.2, 0.25) is 0 Å². The average molecular weight is 281 g/mol. The smallest absolute Gasteiger partial charge is 0.00161 e. The van der Waals surface area contributed by atoms with Crippen LogP contribution in [0.2, 0.25) is 0 Å². The first-order chi connectivity index (χ1) is 9.63. The molecule has 2 saturated heterocycles. The van der Waals surface area contributed by atoms with Gasteiger partial charge >= 0.3 is 0 Å². The van der Waals surface area contributed by atoms with Crippen molar-refractivity contribution < 1.29 is 0 Å². The molecule has 0 aromatic heterocycles. The highest BCUT2D eigenvalue weighted by atomic mass is 15.1. The number of rotatable bonds is 6. The fraction of sp³-hybridized carbons (Fsp3) is 1.00. The molecule has 2 aliphatic heterocycles. The Labute approximate surface area is 126 Å². The van der Waals surface area contributed by atoms with Crippen LogP contribution in [0.5, 0.6) is 0 Å². The van der Waals surface area contributed by atoms with Crippen LogP contribution in [0.1, 0.15) is 58.8 Å². The summed E-state index contributed by atoms with van der Waals surface area (Å²) in [5.74, 6) is 2.94. The van der Waals surface area contributed by atoms with E-state index in [9.17, 15) is 0 Å². The third kappa shape index (κ3) is 5.73. The predicted octanol–water partition coefficient (Wildman–Crippen LogP) is 3.87. The largest absolute Gasteiger partial charge is 0.306 e. The summed E-state index contributed by atoms with van der Waals surface area (Å²) in [6.45, 7) is 11.4. The molecule has 0 saturated carbocycles. The van der Waals surface area contributed by atoms with Crippen molar-refractivity contribution in [3.05, 3.63) is 0 Å². The molecule has 0 aromatic carbocycles. The van der Waals surface area contributed by atoms with Gasteiger partial charge in [-0.05, 0) is 102 Å². The summed E-state index contributed by atoms with van der Waals surface area (Å²) in [7, 11) is 2.27. The summed E-state index contributed by atoms with van der Waals surface area (Å²) in [6.07, 6.45) is 10.2. The lowest BCUT2D eigenvalue weighted by atomic mass is 9.83. The van der Waals surface area contributed by atoms with E-state index in [1.807, 2.05) is 0 Å². The first kappa shape index (κ1) is 16.3.